The largest absolute Gasteiger partial charge is 1.00 e. The van der Waals surface area contributed by atoms with Crippen molar-refractivity contribution in [3.05, 3.63) is 66.3 Å². The minimum Gasteiger partial charge on any atom is -0.799 e. The topological polar surface area (TPSA) is 86.3 Å². The molecule has 2 aliphatic rings. The number of benzene rings is 2. The molecule has 2 aliphatic carbocycles. The molecule has 5 atom stereocenters. The summed E-state index contributed by atoms with van der Waals surface area (Å²) in [5, 5.41) is 0. The molecule has 2 aromatic rings. The van der Waals surface area contributed by atoms with E-state index in [1.165, 1.54) is 42.5 Å². The van der Waals surface area contributed by atoms with Crippen LogP contribution in [0.2, 0.25) is 0 Å². The molecule has 10 heteroatoms. The Kier molecular flexibility index (Phi) is 10.8. The van der Waals surface area contributed by atoms with Gasteiger partial charge in [0.15, 0.2) is 0 Å². The maximum absolute atomic E-state index is 14.1. The van der Waals surface area contributed by atoms with Crippen LogP contribution in [0.25, 0.3) is 11.1 Å². The standard InChI is InChI=1S/C27H34F2NO4PS.Na/c1-2-35(31,32)17-6-4-3-5-8-23-20-11-12-21(18-20)27(23)30-36(33,34)22-15-13-19(14-16-22)26-24(28)9-7-10-25(26)29;/h3,5,7,9-10,13-16,20-21,23,27,30H,2,4,6,8,11-12,17-18H2,1H3,(H,31,32);/q;+1/p-1/b5-3-;/t20-,21?,23?,27?;/m0./s1. The van der Waals surface area contributed by atoms with Crippen LogP contribution in [-0.4, -0.2) is 26.8 Å². The molecule has 2 fully saturated rings. The van der Waals surface area contributed by atoms with Crippen molar-refractivity contribution in [3.63, 3.8) is 0 Å². The number of halogens is 2. The van der Waals surface area contributed by atoms with Gasteiger partial charge in [0, 0.05) is 13.4 Å². The fourth-order valence-electron chi connectivity index (χ4n) is 5.73. The molecular weight excluding hydrogens is 526 g/mol. The van der Waals surface area contributed by atoms with Crippen molar-refractivity contribution in [2.75, 3.05) is 12.3 Å². The maximum Gasteiger partial charge on any atom is 1.00 e. The van der Waals surface area contributed by atoms with Crippen LogP contribution in [0.3, 0.4) is 0 Å². The molecule has 1 N–H and O–H groups in total. The summed E-state index contributed by atoms with van der Waals surface area (Å²) in [5.41, 5.74) is 0.0990. The Morgan fingerprint density at radius 3 is 2.35 bits per heavy atom. The molecule has 2 aromatic carbocycles. The molecule has 0 aliphatic heterocycles. The van der Waals surface area contributed by atoms with Crippen molar-refractivity contribution in [2.24, 2.45) is 17.8 Å². The minimum absolute atomic E-state index is 0. The fraction of sp³-hybridized carbons (Fsp3) is 0.481. The van der Waals surface area contributed by atoms with Gasteiger partial charge in [0.25, 0.3) is 0 Å². The van der Waals surface area contributed by atoms with E-state index in [1.807, 2.05) is 6.08 Å². The number of rotatable bonds is 11. The van der Waals surface area contributed by atoms with Gasteiger partial charge in [-0.25, -0.2) is 21.9 Å². The molecule has 0 spiro atoms. The van der Waals surface area contributed by atoms with Gasteiger partial charge in [0.05, 0.1) is 10.5 Å². The van der Waals surface area contributed by atoms with E-state index in [1.54, 1.807) is 6.92 Å². The second-order valence-corrected chi connectivity index (χ2v) is 14.4. The molecule has 2 saturated carbocycles. The first-order chi connectivity index (χ1) is 17.1. The molecule has 0 amide bonds. The summed E-state index contributed by atoms with van der Waals surface area (Å²) in [6, 6.07) is 9.09. The van der Waals surface area contributed by atoms with Crippen LogP contribution >= 0.6 is 7.37 Å². The monoisotopic (exact) mass is 559 g/mol. The van der Waals surface area contributed by atoms with Gasteiger partial charge in [-0.2, -0.15) is 0 Å². The summed E-state index contributed by atoms with van der Waals surface area (Å²) >= 11 is 0. The van der Waals surface area contributed by atoms with Gasteiger partial charge in [-0.1, -0.05) is 37.3 Å². The average Bonchev–Trinajstić information content (AvgIpc) is 3.44. The first kappa shape index (κ1) is 30.7. The minimum atomic E-state index is -3.80. The Labute approximate surface area is 240 Å². The van der Waals surface area contributed by atoms with Gasteiger partial charge in [-0.3, -0.25) is 0 Å². The molecule has 0 saturated heterocycles. The number of nitrogens with one attached hydrogen (secondary N) is 1. The van der Waals surface area contributed by atoms with E-state index in [9.17, 15) is 26.7 Å². The Morgan fingerprint density at radius 1 is 1.05 bits per heavy atom. The summed E-state index contributed by atoms with van der Waals surface area (Å²) in [6.45, 7) is 1.66. The van der Waals surface area contributed by atoms with Crippen LogP contribution in [0.15, 0.2) is 59.5 Å². The zero-order chi connectivity index (χ0) is 25.9. The third kappa shape index (κ3) is 7.42. The molecule has 0 radical (unpaired) electrons. The van der Waals surface area contributed by atoms with Crippen molar-refractivity contribution in [1.82, 2.24) is 4.72 Å². The number of hydrogen-bond donors (Lipinski definition) is 1. The Hall–Kier alpha value is -0.860. The van der Waals surface area contributed by atoms with Crippen LogP contribution in [0.4, 0.5) is 8.78 Å². The summed E-state index contributed by atoms with van der Waals surface area (Å²) in [5.74, 6) is -0.433. The predicted molar refractivity (Wildman–Crippen MR) is 136 cm³/mol. The SMILES string of the molecule is CCP(=O)([O-])CCC/C=C\CC1C(NS(=O)(=O)c2ccc(-c3c(F)cccc3F)cc2)C2CC[C@H]1C2.[Na+]. The van der Waals surface area contributed by atoms with Gasteiger partial charge in [-0.15, -0.1) is 0 Å². The molecular formula is C27H33F2NNaO4PS. The van der Waals surface area contributed by atoms with Gasteiger partial charge in [-0.05, 0) is 98.4 Å². The second kappa shape index (κ2) is 13.0. The summed E-state index contributed by atoms with van der Waals surface area (Å²) in [7, 11) is -7.04. The predicted octanol–water partition coefficient (Wildman–Crippen LogP) is 2.71. The van der Waals surface area contributed by atoms with Crippen molar-refractivity contribution in [3.8, 4) is 11.1 Å². The van der Waals surface area contributed by atoms with E-state index in [-0.39, 0.29) is 69.9 Å². The smallest absolute Gasteiger partial charge is 0.799 e. The Morgan fingerprint density at radius 2 is 1.70 bits per heavy atom. The number of sulfonamides is 1. The summed E-state index contributed by atoms with van der Waals surface area (Å²) in [6.07, 6.45) is 9.62. The molecule has 2 bridgehead atoms. The van der Waals surface area contributed by atoms with E-state index in [0.29, 0.717) is 24.7 Å². The molecule has 196 valence electrons. The molecule has 0 aromatic heterocycles. The second-order valence-electron chi connectivity index (χ2n) is 9.97. The van der Waals surface area contributed by atoms with Crippen molar-refractivity contribution >= 4 is 17.4 Å². The summed E-state index contributed by atoms with van der Waals surface area (Å²) < 4.78 is 69.2. The van der Waals surface area contributed by atoms with Crippen molar-refractivity contribution in [1.29, 1.82) is 0 Å². The van der Waals surface area contributed by atoms with E-state index in [4.69, 9.17) is 0 Å². The van der Waals surface area contributed by atoms with Gasteiger partial charge < -0.3 is 9.46 Å². The van der Waals surface area contributed by atoms with Crippen LogP contribution in [0.5, 0.6) is 0 Å². The van der Waals surface area contributed by atoms with Gasteiger partial charge in [0.1, 0.15) is 11.6 Å². The van der Waals surface area contributed by atoms with E-state index < -0.39 is 29.0 Å². The van der Waals surface area contributed by atoms with Crippen LogP contribution < -0.4 is 39.2 Å². The third-order valence-corrected chi connectivity index (χ3v) is 11.2. The van der Waals surface area contributed by atoms with E-state index >= 15 is 0 Å². The average molecular weight is 560 g/mol. The molecule has 37 heavy (non-hydrogen) atoms. The fourth-order valence-corrected chi connectivity index (χ4v) is 8.07. The maximum atomic E-state index is 14.1. The van der Waals surface area contributed by atoms with Gasteiger partial charge >= 0.3 is 29.6 Å². The normalized spacial score (nSPS) is 24.8. The third-order valence-electron chi connectivity index (χ3n) is 7.72. The van der Waals surface area contributed by atoms with Crippen molar-refractivity contribution < 1.29 is 56.2 Å². The van der Waals surface area contributed by atoms with Crippen LogP contribution in [0.1, 0.15) is 45.4 Å². The van der Waals surface area contributed by atoms with Crippen LogP contribution in [-0.2, 0) is 14.6 Å². The number of unbranched alkanes of at least 4 members (excludes halogenated alkanes) is 1. The Balaban J connectivity index is 0.00000380. The Bertz CT molecular complexity index is 1240. The van der Waals surface area contributed by atoms with E-state index in [0.717, 1.165) is 25.7 Å². The summed E-state index contributed by atoms with van der Waals surface area (Å²) in [4.78, 5) is 11.7. The first-order valence-electron chi connectivity index (χ1n) is 12.6. The van der Waals surface area contributed by atoms with Crippen LogP contribution in [0, 0.1) is 29.4 Å². The molecule has 4 rings (SSSR count). The zero-order valence-electron chi connectivity index (χ0n) is 21.4. The molecule has 5 nitrogen and oxygen atoms in total. The zero-order valence-corrected chi connectivity index (χ0v) is 25.1. The molecule has 4 unspecified atom stereocenters. The quantitative estimate of drug-likeness (QED) is 0.199. The van der Waals surface area contributed by atoms with Gasteiger partial charge in [0.2, 0.25) is 10.0 Å². The first-order valence-corrected chi connectivity index (χ1v) is 16.1. The van der Waals surface area contributed by atoms with Crippen molar-refractivity contribution in [2.45, 2.75) is 56.4 Å². The number of allylic oxidation sites excluding steroid dienone is 2. The number of fused-ring (bicyclic) bond motifs is 2. The number of hydrogen-bond acceptors (Lipinski definition) is 4. The molecule has 0 heterocycles. The van der Waals surface area contributed by atoms with E-state index in [2.05, 4.69) is 10.8 Å².